The minimum absolute atomic E-state index is 0.0296. The van der Waals surface area contributed by atoms with Crippen molar-refractivity contribution < 1.29 is 23.9 Å². The number of pyridine rings is 1. The highest BCUT2D eigenvalue weighted by Gasteiger charge is 2.24. The number of benzene rings is 2. The predicted octanol–water partition coefficient (Wildman–Crippen LogP) is 3.03. The number of esters is 1. The third kappa shape index (κ3) is 7.53. The van der Waals surface area contributed by atoms with Gasteiger partial charge >= 0.3 is 12.1 Å². The number of aromatic nitrogens is 3. The number of nitrogens with zero attached hydrogens (tertiary/aromatic N) is 2. The van der Waals surface area contributed by atoms with Gasteiger partial charge in [-0.1, -0.05) is 48.5 Å². The van der Waals surface area contributed by atoms with Gasteiger partial charge in [0.05, 0.1) is 23.9 Å². The van der Waals surface area contributed by atoms with E-state index in [9.17, 15) is 14.4 Å². The van der Waals surface area contributed by atoms with Crippen molar-refractivity contribution in [2.24, 2.45) is 0 Å². The second kappa shape index (κ2) is 13.4. The number of amides is 2. The van der Waals surface area contributed by atoms with Gasteiger partial charge in [-0.15, -0.1) is 0 Å². The summed E-state index contributed by atoms with van der Waals surface area (Å²) in [6.45, 7) is 0.473. The van der Waals surface area contributed by atoms with E-state index in [1.165, 1.54) is 0 Å². The molecule has 11 nitrogen and oxygen atoms in total. The van der Waals surface area contributed by atoms with E-state index in [4.69, 9.17) is 9.47 Å². The number of carbonyl (C=O) groups excluding carboxylic acids is 3. The van der Waals surface area contributed by atoms with Gasteiger partial charge in [0.2, 0.25) is 0 Å². The Kier molecular flexibility index (Phi) is 9.22. The Morgan fingerprint density at radius 3 is 2.61 bits per heavy atom. The van der Waals surface area contributed by atoms with Crippen LogP contribution in [0.3, 0.4) is 0 Å². The lowest BCUT2D eigenvalue weighted by atomic mass is 10.1. The second-order valence-corrected chi connectivity index (χ2v) is 8.27. The predicted molar refractivity (Wildman–Crippen MR) is 140 cm³/mol. The molecule has 0 spiro atoms. The summed E-state index contributed by atoms with van der Waals surface area (Å²) in [5.74, 6) is -0.411. The van der Waals surface area contributed by atoms with E-state index < -0.39 is 24.0 Å². The van der Waals surface area contributed by atoms with Crippen molar-refractivity contribution in [3.8, 4) is 0 Å². The number of carbonyl (C=O) groups is 3. The first-order valence-corrected chi connectivity index (χ1v) is 12.1. The molecule has 0 radical (unpaired) electrons. The van der Waals surface area contributed by atoms with Crippen LogP contribution in [0.1, 0.15) is 22.3 Å². The van der Waals surface area contributed by atoms with Crippen LogP contribution in [-0.4, -0.2) is 58.9 Å². The van der Waals surface area contributed by atoms with Crippen molar-refractivity contribution in [2.75, 3.05) is 25.0 Å². The van der Waals surface area contributed by atoms with Gasteiger partial charge < -0.3 is 25.4 Å². The minimum Gasteiger partial charge on any atom is -0.464 e. The fourth-order valence-electron chi connectivity index (χ4n) is 3.58. The lowest BCUT2D eigenvalue weighted by Gasteiger charge is -2.18. The van der Waals surface area contributed by atoms with Crippen molar-refractivity contribution in [2.45, 2.75) is 19.1 Å². The summed E-state index contributed by atoms with van der Waals surface area (Å²) in [6.07, 6.45) is 3.00. The zero-order valence-electron chi connectivity index (χ0n) is 20.6. The highest BCUT2D eigenvalue weighted by Crippen LogP contribution is 2.15. The number of hydrogen-bond acceptors (Lipinski definition) is 8. The summed E-state index contributed by atoms with van der Waals surface area (Å²) in [4.78, 5) is 42.3. The van der Waals surface area contributed by atoms with Gasteiger partial charge in [-0.05, 0) is 30.2 Å². The van der Waals surface area contributed by atoms with E-state index in [1.807, 2.05) is 54.6 Å². The number of ether oxygens (including phenoxy) is 2. The quantitative estimate of drug-likeness (QED) is 0.166. The van der Waals surface area contributed by atoms with Gasteiger partial charge in [-0.2, -0.15) is 5.10 Å². The van der Waals surface area contributed by atoms with Crippen molar-refractivity contribution >= 4 is 34.7 Å². The molecule has 0 aliphatic heterocycles. The molecule has 0 saturated carbocycles. The first-order chi connectivity index (χ1) is 18.6. The Morgan fingerprint density at radius 1 is 0.947 bits per heavy atom. The molecule has 2 aromatic carbocycles. The number of anilines is 1. The average Bonchev–Trinajstić information content (AvgIpc) is 3.44. The Hall–Kier alpha value is -4.93. The van der Waals surface area contributed by atoms with Crippen LogP contribution in [0.4, 0.5) is 10.6 Å². The van der Waals surface area contributed by atoms with Crippen LogP contribution in [0.25, 0.3) is 10.9 Å². The Bertz CT molecular complexity index is 1350. The van der Waals surface area contributed by atoms with E-state index in [-0.39, 0.29) is 19.8 Å². The van der Waals surface area contributed by atoms with Crippen LogP contribution < -0.4 is 16.0 Å². The molecule has 4 N–H and O–H groups in total. The Balaban J connectivity index is 1.32. The molecule has 0 saturated heterocycles. The molecule has 38 heavy (non-hydrogen) atoms. The van der Waals surface area contributed by atoms with Crippen LogP contribution >= 0.6 is 0 Å². The third-order valence-electron chi connectivity index (χ3n) is 5.51. The average molecular weight is 517 g/mol. The molecule has 2 aromatic heterocycles. The Morgan fingerprint density at radius 2 is 1.79 bits per heavy atom. The first-order valence-electron chi connectivity index (χ1n) is 12.1. The topological polar surface area (TPSA) is 147 Å². The number of aromatic amines is 1. The monoisotopic (exact) mass is 516 g/mol. The molecule has 2 heterocycles. The molecule has 0 bridgehead atoms. The van der Waals surface area contributed by atoms with E-state index in [0.717, 1.165) is 16.8 Å². The van der Waals surface area contributed by atoms with Crippen LogP contribution in [-0.2, 0) is 20.9 Å². The number of H-pyrrole nitrogens is 1. The van der Waals surface area contributed by atoms with Gasteiger partial charge in [-0.3, -0.25) is 9.89 Å². The maximum absolute atomic E-state index is 12.8. The molecule has 4 aromatic rings. The van der Waals surface area contributed by atoms with Crippen molar-refractivity contribution in [1.82, 2.24) is 25.8 Å². The lowest BCUT2D eigenvalue weighted by molar-refractivity contribution is -0.145. The third-order valence-corrected chi connectivity index (χ3v) is 5.51. The number of nitrogens with one attached hydrogen (secondary N) is 4. The molecule has 2 amide bonds. The molecule has 0 aliphatic rings. The molecular formula is C27H28N6O5. The summed E-state index contributed by atoms with van der Waals surface area (Å²) in [5, 5.41) is 15.8. The number of hydrogen-bond donors (Lipinski definition) is 4. The van der Waals surface area contributed by atoms with Crippen molar-refractivity contribution in [1.29, 1.82) is 0 Å². The van der Waals surface area contributed by atoms with Crippen LogP contribution in [0, 0.1) is 0 Å². The van der Waals surface area contributed by atoms with Gasteiger partial charge in [0.1, 0.15) is 18.5 Å². The summed E-state index contributed by atoms with van der Waals surface area (Å²) >= 11 is 0. The number of rotatable bonds is 12. The Labute approximate surface area is 218 Å². The molecule has 1 atom stereocenters. The number of alkyl carbamates (subject to hydrolysis) is 1. The molecule has 0 fully saturated rings. The van der Waals surface area contributed by atoms with E-state index in [0.29, 0.717) is 24.0 Å². The summed E-state index contributed by atoms with van der Waals surface area (Å²) in [5.41, 5.74) is 1.72. The zero-order chi connectivity index (χ0) is 26.6. The normalized spacial score (nSPS) is 11.4. The summed E-state index contributed by atoms with van der Waals surface area (Å²) in [7, 11) is 0. The van der Waals surface area contributed by atoms with E-state index in [1.54, 1.807) is 24.5 Å². The molecule has 0 aliphatic carbocycles. The largest absolute Gasteiger partial charge is 0.464 e. The number of fused-ring (bicyclic) bond motifs is 1. The molecule has 11 heteroatoms. The molecule has 1 unspecified atom stereocenters. The van der Waals surface area contributed by atoms with Gasteiger partial charge in [-0.25, -0.2) is 14.6 Å². The molecule has 4 rings (SSSR count). The standard InChI is InChI=1S/C27H28N6O5/c34-25(21-11-6-10-20-16-31-33-24(20)21)30-17-22(32-27(36)38-18-19-8-2-1-3-9-19)26(35)37-15-7-14-29-23-12-4-5-13-28-23/h1-6,8-13,16,22H,7,14-15,17-18H2,(H,28,29)(H,30,34)(H,31,33)(H,32,36). The lowest BCUT2D eigenvalue weighted by Crippen LogP contribution is -2.49. The second-order valence-electron chi connectivity index (χ2n) is 8.27. The van der Waals surface area contributed by atoms with Crippen LogP contribution in [0.5, 0.6) is 0 Å². The van der Waals surface area contributed by atoms with Gasteiger partial charge in [0.25, 0.3) is 5.91 Å². The van der Waals surface area contributed by atoms with Crippen molar-refractivity contribution in [3.63, 3.8) is 0 Å². The van der Waals surface area contributed by atoms with Crippen LogP contribution in [0.2, 0.25) is 0 Å². The smallest absolute Gasteiger partial charge is 0.408 e. The van der Waals surface area contributed by atoms with Crippen LogP contribution in [0.15, 0.2) is 79.1 Å². The summed E-state index contributed by atoms with van der Waals surface area (Å²) in [6, 6.07) is 18.7. The van der Waals surface area contributed by atoms with Crippen molar-refractivity contribution in [3.05, 3.63) is 90.3 Å². The van der Waals surface area contributed by atoms with E-state index >= 15 is 0 Å². The maximum atomic E-state index is 12.8. The maximum Gasteiger partial charge on any atom is 0.408 e. The van der Waals surface area contributed by atoms with E-state index in [2.05, 4.69) is 31.1 Å². The molecule has 196 valence electrons. The zero-order valence-corrected chi connectivity index (χ0v) is 20.6. The summed E-state index contributed by atoms with van der Waals surface area (Å²) < 4.78 is 10.6. The highest BCUT2D eigenvalue weighted by molar-refractivity contribution is 6.05. The van der Waals surface area contributed by atoms with Gasteiger partial charge in [0.15, 0.2) is 0 Å². The molecular weight excluding hydrogens is 488 g/mol. The number of para-hydroxylation sites is 1. The fourth-order valence-corrected chi connectivity index (χ4v) is 3.58. The van der Waals surface area contributed by atoms with Gasteiger partial charge in [0, 0.05) is 24.7 Å². The minimum atomic E-state index is -1.16. The first kappa shape index (κ1) is 26.1. The SMILES string of the molecule is O=C(NC(CNC(=O)c1cccc2cn[nH]c12)C(=O)OCCCNc1ccccn1)OCc1ccccc1. The fraction of sp³-hybridized carbons (Fsp3) is 0.222. The highest BCUT2D eigenvalue weighted by atomic mass is 16.6.